The number of fused-ring (bicyclic) bond motifs is 1. The zero-order chi connectivity index (χ0) is 23.5. The third-order valence-electron chi connectivity index (χ3n) is 5.60. The average molecular weight is 445 g/mol. The first-order chi connectivity index (χ1) is 15.8. The van der Waals surface area contributed by atoms with Crippen molar-refractivity contribution in [2.45, 2.75) is 31.7 Å². The van der Waals surface area contributed by atoms with Gasteiger partial charge in [-0.1, -0.05) is 61.5 Å². The van der Waals surface area contributed by atoms with Crippen LogP contribution in [0.3, 0.4) is 0 Å². The van der Waals surface area contributed by atoms with Gasteiger partial charge in [0.25, 0.3) is 0 Å². The Kier molecular flexibility index (Phi) is 6.28. The van der Waals surface area contributed by atoms with Gasteiger partial charge in [-0.25, -0.2) is 9.37 Å². The van der Waals surface area contributed by atoms with Crippen molar-refractivity contribution in [3.8, 4) is 11.4 Å². The number of anilines is 1. The van der Waals surface area contributed by atoms with Gasteiger partial charge in [0.15, 0.2) is 5.82 Å². The smallest absolute Gasteiger partial charge is 0.320 e. The second kappa shape index (κ2) is 9.30. The summed E-state index contributed by atoms with van der Waals surface area (Å²) in [5.74, 6) is -0.811. The molecule has 0 aliphatic heterocycles. The molecule has 0 amide bonds. The number of nitrogen functional groups attached to an aromatic ring is 1. The largest absolute Gasteiger partial charge is 0.480 e. The van der Waals surface area contributed by atoms with E-state index in [0.29, 0.717) is 17.8 Å². The summed E-state index contributed by atoms with van der Waals surface area (Å²) in [6, 6.07) is 17.7. The Morgan fingerprint density at radius 1 is 1.00 bits per heavy atom. The van der Waals surface area contributed by atoms with E-state index in [-0.39, 0.29) is 29.7 Å². The average Bonchev–Trinajstić information content (AvgIpc) is 2.79. The summed E-state index contributed by atoms with van der Waals surface area (Å²) in [4.78, 5) is 23.9. The Hall–Kier alpha value is -3.91. The van der Waals surface area contributed by atoms with Gasteiger partial charge in [-0.3, -0.25) is 4.79 Å². The molecule has 4 rings (SSSR count). The maximum absolute atomic E-state index is 14.6. The van der Waals surface area contributed by atoms with Crippen molar-refractivity contribution >= 4 is 22.7 Å². The zero-order valence-electron chi connectivity index (χ0n) is 18.1. The molecule has 5 N–H and O–H groups in total. The van der Waals surface area contributed by atoms with Crippen molar-refractivity contribution in [3.05, 3.63) is 83.4 Å². The van der Waals surface area contributed by atoms with Crippen LogP contribution in [-0.4, -0.2) is 32.1 Å². The van der Waals surface area contributed by atoms with Gasteiger partial charge in [0.2, 0.25) is 5.95 Å². The predicted molar refractivity (Wildman–Crippen MR) is 125 cm³/mol. The van der Waals surface area contributed by atoms with Gasteiger partial charge in [-0.15, -0.1) is 0 Å². The van der Waals surface area contributed by atoms with E-state index in [1.807, 2.05) is 12.1 Å². The molecule has 33 heavy (non-hydrogen) atoms. The number of carboxylic acid groups (broad SMARTS) is 1. The predicted octanol–water partition coefficient (Wildman–Crippen LogP) is 3.71. The normalized spacial score (nSPS) is 13.1. The molecule has 8 heteroatoms. The topological polar surface area (TPSA) is 128 Å². The molecule has 0 fully saturated rings. The van der Waals surface area contributed by atoms with Crippen LogP contribution >= 0.6 is 0 Å². The molecule has 0 saturated heterocycles. The molecule has 168 valence electrons. The Labute approximate surface area is 190 Å². The summed E-state index contributed by atoms with van der Waals surface area (Å²) in [6.45, 7) is 2.09. The molecule has 3 aromatic carbocycles. The Balaban J connectivity index is 1.57. The first-order valence-electron chi connectivity index (χ1n) is 10.6. The lowest BCUT2D eigenvalue weighted by Crippen LogP contribution is -2.32. The van der Waals surface area contributed by atoms with Crippen LogP contribution in [0.5, 0.6) is 0 Å². The molecule has 4 aromatic rings. The van der Waals surface area contributed by atoms with Crippen LogP contribution < -0.4 is 11.5 Å². The number of carbonyl (C=O) groups is 1. The van der Waals surface area contributed by atoms with Crippen LogP contribution in [0.15, 0.2) is 60.7 Å². The number of nitrogens with zero attached hydrogens (tertiary/aromatic N) is 3. The zero-order valence-corrected chi connectivity index (χ0v) is 18.1. The second-order valence-corrected chi connectivity index (χ2v) is 8.10. The van der Waals surface area contributed by atoms with Gasteiger partial charge in [-0.05, 0) is 33.9 Å². The summed E-state index contributed by atoms with van der Waals surface area (Å²) >= 11 is 0. The van der Waals surface area contributed by atoms with E-state index in [1.165, 1.54) is 17.5 Å². The van der Waals surface area contributed by atoms with Gasteiger partial charge in [0.05, 0.1) is 0 Å². The van der Waals surface area contributed by atoms with Gasteiger partial charge in [0, 0.05) is 18.4 Å². The number of hydrogen-bond donors (Lipinski definition) is 3. The van der Waals surface area contributed by atoms with Crippen LogP contribution in [0.2, 0.25) is 0 Å². The molecular formula is C25H24FN5O2. The van der Waals surface area contributed by atoms with Gasteiger partial charge >= 0.3 is 5.97 Å². The van der Waals surface area contributed by atoms with Crippen molar-refractivity contribution in [3.63, 3.8) is 0 Å². The third-order valence-corrected chi connectivity index (χ3v) is 5.60. The number of aliphatic carboxylic acids is 1. The highest BCUT2D eigenvalue weighted by Crippen LogP contribution is 2.25. The first-order valence-corrected chi connectivity index (χ1v) is 10.6. The molecule has 1 aromatic heterocycles. The molecule has 1 unspecified atom stereocenters. The molecule has 0 bridgehead atoms. The van der Waals surface area contributed by atoms with Gasteiger partial charge < -0.3 is 16.6 Å². The molecule has 0 spiro atoms. The summed E-state index contributed by atoms with van der Waals surface area (Å²) in [5.41, 5.74) is 13.2. The fourth-order valence-electron chi connectivity index (χ4n) is 3.74. The number of aromatic nitrogens is 3. The van der Waals surface area contributed by atoms with E-state index < -0.39 is 17.8 Å². The number of nitrogens with two attached hydrogens (primary N) is 2. The second-order valence-electron chi connectivity index (χ2n) is 8.10. The van der Waals surface area contributed by atoms with E-state index in [4.69, 9.17) is 16.6 Å². The van der Waals surface area contributed by atoms with Crippen LogP contribution in [0.4, 0.5) is 10.3 Å². The molecule has 2 atom stereocenters. The minimum atomic E-state index is -1.19. The molecular weight excluding hydrogens is 421 g/mol. The van der Waals surface area contributed by atoms with E-state index in [0.717, 1.165) is 10.9 Å². The lowest BCUT2D eigenvalue weighted by molar-refractivity contribution is -0.138. The molecule has 7 nitrogen and oxygen atoms in total. The first kappa shape index (κ1) is 22.3. The Bertz CT molecular complexity index is 1330. The number of halogens is 1. The number of rotatable bonds is 7. The van der Waals surface area contributed by atoms with E-state index in [2.05, 4.69) is 52.2 Å². The van der Waals surface area contributed by atoms with Crippen molar-refractivity contribution in [2.75, 3.05) is 5.73 Å². The van der Waals surface area contributed by atoms with Gasteiger partial charge in [-0.2, -0.15) is 9.97 Å². The van der Waals surface area contributed by atoms with Crippen molar-refractivity contribution in [1.29, 1.82) is 0 Å². The molecule has 0 saturated carbocycles. The van der Waals surface area contributed by atoms with E-state index in [1.54, 1.807) is 6.07 Å². The number of benzene rings is 3. The highest BCUT2D eigenvalue weighted by atomic mass is 19.1. The Morgan fingerprint density at radius 3 is 2.48 bits per heavy atom. The minimum absolute atomic E-state index is 0.0538. The lowest BCUT2D eigenvalue weighted by Gasteiger charge is -2.13. The standard InChI is InChI=1S/C25H24FN5O2/c1-14(16-7-6-15-4-2-3-5-17(15)11-16)10-22-29-23(31-25(28)30-22)19-9-8-18(20(26)12-19)13-21(27)24(32)33/h2-9,11-12,14,21H,10,13,27H2,1H3,(H,32,33)(H2,28,29,30,31)/t14-,21?/m0/s1. The molecule has 0 radical (unpaired) electrons. The molecule has 1 heterocycles. The fraction of sp³-hybridized carbons (Fsp3) is 0.200. The van der Waals surface area contributed by atoms with Crippen LogP contribution in [0, 0.1) is 5.82 Å². The number of hydrogen-bond acceptors (Lipinski definition) is 6. The quantitative estimate of drug-likeness (QED) is 0.395. The third kappa shape index (κ3) is 5.12. The number of carboxylic acids is 1. The van der Waals surface area contributed by atoms with Crippen LogP contribution in [0.25, 0.3) is 22.2 Å². The van der Waals surface area contributed by atoms with Crippen molar-refractivity contribution in [2.24, 2.45) is 5.73 Å². The maximum Gasteiger partial charge on any atom is 0.320 e. The lowest BCUT2D eigenvalue weighted by atomic mass is 9.95. The summed E-state index contributed by atoms with van der Waals surface area (Å²) in [7, 11) is 0. The summed E-state index contributed by atoms with van der Waals surface area (Å²) in [5, 5.41) is 11.3. The highest BCUT2D eigenvalue weighted by Gasteiger charge is 2.17. The van der Waals surface area contributed by atoms with Crippen LogP contribution in [-0.2, 0) is 17.6 Å². The Morgan fingerprint density at radius 2 is 1.76 bits per heavy atom. The monoisotopic (exact) mass is 445 g/mol. The maximum atomic E-state index is 14.6. The molecule has 0 aliphatic rings. The highest BCUT2D eigenvalue weighted by molar-refractivity contribution is 5.83. The summed E-state index contributed by atoms with van der Waals surface area (Å²) < 4.78 is 14.6. The van der Waals surface area contributed by atoms with Gasteiger partial charge in [0.1, 0.15) is 17.7 Å². The molecule has 0 aliphatic carbocycles. The van der Waals surface area contributed by atoms with Crippen molar-refractivity contribution < 1.29 is 14.3 Å². The van der Waals surface area contributed by atoms with E-state index in [9.17, 15) is 9.18 Å². The fourth-order valence-corrected chi connectivity index (χ4v) is 3.74. The summed E-state index contributed by atoms with van der Waals surface area (Å²) in [6.07, 6.45) is 0.418. The van der Waals surface area contributed by atoms with Crippen molar-refractivity contribution in [1.82, 2.24) is 15.0 Å². The van der Waals surface area contributed by atoms with E-state index >= 15 is 0 Å². The minimum Gasteiger partial charge on any atom is -0.480 e. The SMILES string of the molecule is C[C@@H](Cc1nc(N)nc(-c2ccc(CC(N)C(=O)O)c(F)c2)n1)c1ccc2ccccc2c1. The van der Waals surface area contributed by atoms with Crippen LogP contribution in [0.1, 0.15) is 29.8 Å².